The van der Waals surface area contributed by atoms with E-state index < -0.39 is 24.1 Å². The van der Waals surface area contributed by atoms with Crippen LogP contribution in [0.25, 0.3) is 10.9 Å². The molecule has 8 nitrogen and oxygen atoms in total. The number of hydrogen-bond donors (Lipinski definition) is 2. The fraction of sp³-hybridized carbons (Fsp3) is 0.375. The number of halogens is 6. The van der Waals surface area contributed by atoms with Gasteiger partial charge in [0, 0.05) is 24.4 Å². The number of fused-ring (bicyclic) bond motifs is 1. The number of alkyl halides is 6. The highest BCUT2D eigenvalue weighted by Crippen LogP contribution is 2.29. The van der Waals surface area contributed by atoms with Crippen LogP contribution in [0.3, 0.4) is 0 Å². The second kappa shape index (κ2) is 7.93. The van der Waals surface area contributed by atoms with Gasteiger partial charge in [0.1, 0.15) is 6.54 Å². The van der Waals surface area contributed by atoms with Crippen molar-refractivity contribution >= 4 is 16.9 Å². The van der Waals surface area contributed by atoms with Gasteiger partial charge in [-0.3, -0.25) is 4.68 Å². The molecule has 30 heavy (non-hydrogen) atoms. The number of aliphatic carboxylic acids is 1. The number of carboxylic acid groups (broad SMARTS) is 1. The lowest BCUT2D eigenvalue weighted by atomic mass is 9.97. The van der Waals surface area contributed by atoms with E-state index in [0.717, 1.165) is 29.7 Å². The second-order valence-electron chi connectivity index (χ2n) is 6.23. The molecule has 2 aromatic heterocycles. The topological polar surface area (TPSA) is 106 Å². The lowest BCUT2D eigenvalue weighted by Gasteiger charge is -2.25. The summed E-state index contributed by atoms with van der Waals surface area (Å²) in [7, 11) is 0. The van der Waals surface area contributed by atoms with Crippen LogP contribution >= 0.6 is 0 Å². The van der Waals surface area contributed by atoms with Gasteiger partial charge in [-0.2, -0.15) is 36.4 Å². The van der Waals surface area contributed by atoms with E-state index in [2.05, 4.69) is 20.6 Å². The Morgan fingerprint density at radius 1 is 1.20 bits per heavy atom. The van der Waals surface area contributed by atoms with Gasteiger partial charge in [-0.05, 0) is 6.07 Å². The first-order chi connectivity index (χ1) is 14.0. The molecule has 0 unspecified atom stereocenters. The molecule has 1 aliphatic rings. The first kappa shape index (κ1) is 21.5. The largest absolute Gasteiger partial charge is 0.490 e. The van der Waals surface area contributed by atoms with Crippen LogP contribution in [-0.2, 0) is 17.5 Å². The number of nitrogens with zero attached hydrogens (tertiary/aromatic N) is 4. The third-order valence-corrected chi connectivity index (χ3v) is 4.10. The second-order valence-corrected chi connectivity index (χ2v) is 6.23. The molecule has 0 amide bonds. The quantitative estimate of drug-likeness (QED) is 0.607. The summed E-state index contributed by atoms with van der Waals surface area (Å²) in [5.74, 6) is -3.83. The molecule has 4 rings (SSSR count). The Labute approximate surface area is 163 Å². The maximum absolute atomic E-state index is 12.5. The van der Waals surface area contributed by atoms with Crippen LogP contribution in [-0.4, -0.2) is 50.3 Å². The van der Waals surface area contributed by atoms with Crippen molar-refractivity contribution < 1.29 is 40.8 Å². The van der Waals surface area contributed by atoms with Crippen molar-refractivity contribution in [1.82, 2.24) is 25.2 Å². The molecule has 3 heterocycles. The van der Waals surface area contributed by atoms with Crippen LogP contribution in [0.5, 0.6) is 0 Å². The fourth-order valence-electron chi connectivity index (χ4n) is 2.62. The van der Waals surface area contributed by atoms with Crippen molar-refractivity contribution in [3.8, 4) is 0 Å². The van der Waals surface area contributed by atoms with Crippen LogP contribution in [0.1, 0.15) is 23.3 Å². The molecular formula is C16H13F6N5O3. The number of nitrogens with one attached hydrogen (secondary N) is 1. The first-order valence-electron chi connectivity index (χ1n) is 8.33. The smallest absolute Gasteiger partial charge is 0.475 e. The van der Waals surface area contributed by atoms with Crippen LogP contribution in [0.15, 0.2) is 28.8 Å². The highest BCUT2D eigenvalue weighted by Gasteiger charge is 2.38. The Morgan fingerprint density at radius 2 is 1.83 bits per heavy atom. The molecule has 1 aromatic carbocycles. The van der Waals surface area contributed by atoms with Crippen LogP contribution in [0.4, 0.5) is 26.3 Å². The Balaban J connectivity index is 0.000000318. The average Bonchev–Trinajstić information content (AvgIpc) is 3.20. The predicted molar refractivity (Wildman–Crippen MR) is 87.4 cm³/mol. The number of benzene rings is 1. The summed E-state index contributed by atoms with van der Waals surface area (Å²) in [5, 5.41) is 18.8. The predicted octanol–water partition coefficient (Wildman–Crippen LogP) is 2.81. The third-order valence-electron chi connectivity index (χ3n) is 4.10. The lowest BCUT2D eigenvalue weighted by molar-refractivity contribution is -0.192. The Morgan fingerprint density at radius 3 is 2.33 bits per heavy atom. The van der Waals surface area contributed by atoms with E-state index in [9.17, 15) is 26.3 Å². The molecule has 1 aliphatic heterocycles. The van der Waals surface area contributed by atoms with Gasteiger partial charge in [-0.25, -0.2) is 4.79 Å². The van der Waals surface area contributed by atoms with Crippen LogP contribution in [0.2, 0.25) is 0 Å². The molecule has 162 valence electrons. The zero-order chi connectivity index (χ0) is 22.1. The Bertz CT molecular complexity index is 1040. The molecule has 0 atom stereocenters. The molecule has 2 N–H and O–H groups in total. The first-order valence-corrected chi connectivity index (χ1v) is 8.33. The molecule has 0 saturated carbocycles. The maximum atomic E-state index is 12.5. The molecule has 1 saturated heterocycles. The Hall–Kier alpha value is -3.16. The van der Waals surface area contributed by atoms with E-state index in [4.69, 9.17) is 14.4 Å². The number of rotatable bonds is 3. The highest BCUT2D eigenvalue weighted by molar-refractivity contribution is 5.82. The lowest BCUT2D eigenvalue weighted by Crippen LogP contribution is -2.40. The van der Waals surface area contributed by atoms with Crippen molar-refractivity contribution in [2.45, 2.75) is 24.8 Å². The molecule has 1 fully saturated rings. The van der Waals surface area contributed by atoms with Gasteiger partial charge in [0.05, 0.1) is 11.2 Å². The van der Waals surface area contributed by atoms with Gasteiger partial charge < -0.3 is 14.9 Å². The normalized spacial score (nSPS) is 14.9. The number of aromatic nitrogens is 4. The molecule has 0 bridgehead atoms. The van der Waals surface area contributed by atoms with Crippen molar-refractivity contribution in [1.29, 1.82) is 0 Å². The van der Waals surface area contributed by atoms with Gasteiger partial charge in [0.2, 0.25) is 5.89 Å². The van der Waals surface area contributed by atoms with E-state index in [-0.39, 0.29) is 12.4 Å². The van der Waals surface area contributed by atoms with E-state index in [1.807, 2.05) is 24.3 Å². The van der Waals surface area contributed by atoms with Gasteiger partial charge in [0.15, 0.2) is 0 Å². The van der Waals surface area contributed by atoms with Crippen molar-refractivity contribution in [2.24, 2.45) is 0 Å². The third kappa shape index (κ3) is 4.69. The number of para-hydroxylation sites is 1. The van der Waals surface area contributed by atoms with Crippen molar-refractivity contribution in [3.63, 3.8) is 0 Å². The van der Waals surface area contributed by atoms with E-state index in [1.165, 1.54) is 0 Å². The minimum Gasteiger partial charge on any atom is -0.475 e. The van der Waals surface area contributed by atoms with E-state index in [0.29, 0.717) is 5.92 Å². The minimum atomic E-state index is -5.08. The molecule has 3 aromatic rings. The SMILES string of the molecule is FC(F)(F)c1noc(Cn2nc(C3CNC3)c3ccccc32)n1.O=C(O)C(F)(F)F. The van der Waals surface area contributed by atoms with Gasteiger partial charge in [-0.1, -0.05) is 23.4 Å². The van der Waals surface area contributed by atoms with Gasteiger partial charge in [0.25, 0.3) is 5.82 Å². The molecule has 14 heteroatoms. The summed E-state index contributed by atoms with van der Waals surface area (Å²) in [5.41, 5.74) is 1.77. The molecule has 0 spiro atoms. The standard InChI is InChI=1S/C14H12F3N5O.C2HF3O2/c15-14(16,17)13-19-11(23-21-13)7-22-10-4-2-1-3-9(10)12(20-22)8-5-18-6-8;3-2(4,5)1(6)7/h1-4,8,18H,5-7H2;(H,6,7). The summed E-state index contributed by atoms with van der Waals surface area (Å²) >= 11 is 0. The summed E-state index contributed by atoms with van der Waals surface area (Å²) in [4.78, 5) is 12.3. The van der Waals surface area contributed by atoms with Crippen molar-refractivity contribution in [3.05, 3.63) is 41.7 Å². The van der Waals surface area contributed by atoms with E-state index in [1.54, 1.807) is 4.68 Å². The summed E-state index contributed by atoms with van der Waals surface area (Å²) in [6.07, 6.45) is -9.70. The summed E-state index contributed by atoms with van der Waals surface area (Å²) in [6, 6.07) is 7.61. The summed E-state index contributed by atoms with van der Waals surface area (Å²) < 4.78 is 75.7. The monoisotopic (exact) mass is 437 g/mol. The zero-order valence-corrected chi connectivity index (χ0v) is 14.8. The van der Waals surface area contributed by atoms with Crippen LogP contribution < -0.4 is 5.32 Å². The molecule has 0 aliphatic carbocycles. The average molecular weight is 437 g/mol. The van der Waals surface area contributed by atoms with Gasteiger partial charge >= 0.3 is 18.3 Å². The van der Waals surface area contributed by atoms with Crippen molar-refractivity contribution in [2.75, 3.05) is 13.1 Å². The number of carboxylic acids is 1. The summed E-state index contributed by atoms with van der Waals surface area (Å²) in [6.45, 7) is 1.70. The zero-order valence-electron chi connectivity index (χ0n) is 14.8. The Kier molecular flexibility index (Phi) is 5.70. The van der Waals surface area contributed by atoms with Gasteiger partial charge in [-0.15, -0.1) is 0 Å². The maximum Gasteiger partial charge on any atom is 0.490 e. The molecule has 0 radical (unpaired) electrons. The number of hydrogen-bond acceptors (Lipinski definition) is 6. The van der Waals surface area contributed by atoms with Crippen LogP contribution in [0, 0.1) is 0 Å². The molecular weight excluding hydrogens is 424 g/mol. The fourth-order valence-corrected chi connectivity index (χ4v) is 2.62. The minimum absolute atomic E-state index is 0.00371. The highest BCUT2D eigenvalue weighted by atomic mass is 19.4. The van der Waals surface area contributed by atoms with E-state index >= 15 is 0 Å². The number of carbonyl (C=O) groups is 1.